The zero-order valence-electron chi connectivity index (χ0n) is 9.14. The minimum atomic E-state index is 0.329. The van der Waals surface area contributed by atoms with Crippen LogP contribution in [-0.2, 0) is 0 Å². The topological polar surface area (TPSA) is 43.1 Å². The minimum Gasteiger partial charge on any atom is -0.451 e. The Bertz CT molecular complexity index is 696. The monoisotopic (exact) mass is 243 g/mol. The molecule has 3 nitrogen and oxygen atoms in total. The first-order chi connectivity index (χ1) is 8.26. The van der Waals surface area contributed by atoms with Gasteiger partial charge in [0.05, 0.1) is 10.2 Å². The van der Waals surface area contributed by atoms with Crippen LogP contribution in [0.1, 0.15) is 16.1 Å². The van der Waals surface area contributed by atoms with Crippen molar-refractivity contribution in [1.82, 2.24) is 4.98 Å². The fourth-order valence-electron chi connectivity index (χ4n) is 1.67. The van der Waals surface area contributed by atoms with Gasteiger partial charge in [-0.25, -0.2) is 4.98 Å². The molecule has 17 heavy (non-hydrogen) atoms. The van der Waals surface area contributed by atoms with Crippen LogP contribution in [0.4, 0.5) is 0 Å². The Labute approximate surface area is 102 Å². The lowest BCUT2D eigenvalue weighted by molar-refractivity contribution is 0.110. The normalized spacial score (nSPS) is 10.9. The van der Waals surface area contributed by atoms with Gasteiger partial charge in [0.2, 0.25) is 0 Å². The molecule has 0 aliphatic heterocycles. The number of carbonyl (C=O) groups is 1. The second-order valence-electron chi connectivity index (χ2n) is 3.81. The molecule has 0 saturated heterocycles. The van der Waals surface area contributed by atoms with Crippen molar-refractivity contribution in [3.63, 3.8) is 0 Å². The standard InChI is InChI=1S/C13H9NO2S/c1-8-2-4-10-12(6-8)17-13(14-10)11-5-3-9(7-15)16-11/h2-7H,1H3. The highest BCUT2D eigenvalue weighted by atomic mass is 32.1. The first kappa shape index (κ1) is 10.2. The molecule has 84 valence electrons. The van der Waals surface area contributed by atoms with Crippen molar-refractivity contribution in [3.05, 3.63) is 41.7 Å². The van der Waals surface area contributed by atoms with Gasteiger partial charge in [-0.2, -0.15) is 0 Å². The van der Waals surface area contributed by atoms with Gasteiger partial charge in [0.25, 0.3) is 0 Å². The molecule has 0 aliphatic rings. The molecule has 0 N–H and O–H groups in total. The number of aromatic nitrogens is 1. The Kier molecular flexibility index (Phi) is 2.30. The van der Waals surface area contributed by atoms with Crippen LogP contribution in [0.15, 0.2) is 34.7 Å². The van der Waals surface area contributed by atoms with Crippen LogP contribution in [0, 0.1) is 6.92 Å². The van der Waals surface area contributed by atoms with Crippen LogP contribution in [-0.4, -0.2) is 11.3 Å². The van der Waals surface area contributed by atoms with Crippen molar-refractivity contribution in [2.75, 3.05) is 0 Å². The molecule has 0 saturated carbocycles. The molecule has 3 rings (SSSR count). The van der Waals surface area contributed by atoms with Gasteiger partial charge in [0.1, 0.15) is 0 Å². The van der Waals surface area contributed by atoms with E-state index in [-0.39, 0.29) is 0 Å². The van der Waals surface area contributed by atoms with Crippen molar-refractivity contribution >= 4 is 27.8 Å². The maximum Gasteiger partial charge on any atom is 0.185 e. The van der Waals surface area contributed by atoms with Gasteiger partial charge in [-0.3, -0.25) is 4.79 Å². The second-order valence-corrected chi connectivity index (χ2v) is 4.84. The number of thiazole rings is 1. The summed E-state index contributed by atoms with van der Waals surface area (Å²) in [4.78, 5) is 15.0. The molecule has 2 heterocycles. The van der Waals surface area contributed by atoms with Crippen molar-refractivity contribution in [3.8, 4) is 10.8 Å². The van der Waals surface area contributed by atoms with E-state index in [2.05, 4.69) is 18.0 Å². The van der Waals surface area contributed by atoms with Gasteiger partial charge < -0.3 is 4.42 Å². The van der Waals surface area contributed by atoms with E-state index in [1.807, 2.05) is 12.1 Å². The fraction of sp³-hybridized carbons (Fsp3) is 0.0769. The quantitative estimate of drug-likeness (QED) is 0.645. The van der Waals surface area contributed by atoms with Crippen molar-refractivity contribution < 1.29 is 9.21 Å². The minimum absolute atomic E-state index is 0.329. The van der Waals surface area contributed by atoms with Gasteiger partial charge >= 0.3 is 0 Å². The molecule has 1 aromatic carbocycles. The van der Waals surface area contributed by atoms with Gasteiger partial charge in [-0.1, -0.05) is 6.07 Å². The lowest BCUT2D eigenvalue weighted by Gasteiger charge is -1.88. The predicted octanol–water partition coefficient (Wildman–Crippen LogP) is 3.68. The van der Waals surface area contributed by atoms with Crippen LogP contribution in [0.3, 0.4) is 0 Å². The Hall–Kier alpha value is -1.94. The van der Waals surface area contributed by atoms with E-state index in [0.29, 0.717) is 17.8 Å². The average molecular weight is 243 g/mol. The number of rotatable bonds is 2. The zero-order valence-corrected chi connectivity index (χ0v) is 9.95. The highest BCUT2D eigenvalue weighted by Crippen LogP contribution is 2.31. The summed E-state index contributed by atoms with van der Waals surface area (Å²) in [7, 11) is 0. The van der Waals surface area contributed by atoms with Crippen molar-refractivity contribution in [2.45, 2.75) is 6.92 Å². The molecule has 0 unspecified atom stereocenters. The molecule has 2 aromatic heterocycles. The highest BCUT2D eigenvalue weighted by Gasteiger charge is 2.10. The number of fused-ring (bicyclic) bond motifs is 1. The van der Waals surface area contributed by atoms with Crippen LogP contribution in [0.25, 0.3) is 21.0 Å². The molecule has 0 aliphatic carbocycles. The zero-order chi connectivity index (χ0) is 11.8. The smallest absolute Gasteiger partial charge is 0.185 e. The van der Waals surface area contributed by atoms with Gasteiger partial charge in [0, 0.05) is 0 Å². The number of carbonyl (C=O) groups excluding carboxylic acids is 1. The lowest BCUT2D eigenvalue weighted by Crippen LogP contribution is -1.72. The summed E-state index contributed by atoms with van der Waals surface area (Å²) in [6, 6.07) is 9.55. The maximum absolute atomic E-state index is 10.6. The Balaban J connectivity index is 2.14. The van der Waals surface area contributed by atoms with E-state index in [4.69, 9.17) is 4.42 Å². The number of benzene rings is 1. The summed E-state index contributed by atoms with van der Waals surface area (Å²) in [6.45, 7) is 2.05. The van der Waals surface area contributed by atoms with E-state index in [9.17, 15) is 4.79 Å². The van der Waals surface area contributed by atoms with Crippen LogP contribution >= 0.6 is 11.3 Å². The molecule has 0 radical (unpaired) electrons. The predicted molar refractivity (Wildman–Crippen MR) is 67.4 cm³/mol. The first-order valence-corrected chi connectivity index (χ1v) is 6.00. The van der Waals surface area contributed by atoms with Crippen molar-refractivity contribution in [1.29, 1.82) is 0 Å². The number of furan rings is 1. The summed E-state index contributed by atoms with van der Waals surface area (Å²) in [5, 5.41) is 0.804. The summed E-state index contributed by atoms with van der Waals surface area (Å²) < 4.78 is 6.49. The largest absolute Gasteiger partial charge is 0.451 e. The van der Waals surface area contributed by atoms with E-state index < -0.39 is 0 Å². The highest BCUT2D eigenvalue weighted by molar-refractivity contribution is 7.21. The third-order valence-electron chi connectivity index (χ3n) is 2.50. The molecule has 0 amide bonds. The molecule has 0 fully saturated rings. The SMILES string of the molecule is Cc1ccc2nc(-c3ccc(C=O)o3)sc2c1. The number of nitrogens with zero attached hydrogens (tertiary/aromatic N) is 1. The molecular formula is C13H9NO2S. The van der Waals surface area contributed by atoms with Gasteiger partial charge in [-0.05, 0) is 36.8 Å². The number of hydrogen-bond donors (Lipinski definition) is 0. The van der Waals surface area contributed by atoms with Crippen LogP contribution in [0.2, 0.25) is 0 Å². The molecule has 0 bridgehead atoms. The summed E-state index contributed by atoms with van der Waals surface area (Å²) in [5.74, 6) is 0.974. The van der Waals surface area contributed by atoms with Crippen LogP contribution in [0.5, 0.6) is 0 Å². The number of hydrogen-bond acceptors (Lipinski definition) is 4. The van der Waals surface area contributed by atoms with Gasteiger partial charge in [0.15, 0.2) is 22.8 Å². The van der Waals surface area contributed by atoms with E-state index in [0.717, 1.165) is 15.2 Å². The van der Waals surface area contributed by atoms with E-state index >= 15 is 0 Å². The third-order valence-corrected chi connectivity index (χ3v) is 3.53. The Morgan fingerprint density at radius 3 is 2.94 bits per heavy atom. The summed E-state index contributed by atoms with van der Waals surface area (Å²) in [5.41, 5.74) is 2.17. The number of aldehydes is 1. The Morgan fingerprint density at radius 2 is 2.18 bits per heavy atom. The number of aryl methyl sites for hydroxylation is 1. The van der Waals surface area contributed by atoms with E-state index in [1.165, 1.54) is 5.56 Å². The summed E-state index contributed by atoms with van der Waals surface area (Å²) in [6.07, 6.45) is 0.695. The molecule has 3 aromatic rings. The molecule has 0 spiro atoms. The first-order valence-electron chi connectivity index (χ1n) is 5.19. The summed E-state index contributed by atoms with van der Waals surface area (Å²) >= 11 is 1.57. The second kappa shape index (κ2) is 3.82. The maximum atomic E-state index is 10.6. The molecule has 0 atom stereocenters. The van der Waals surface area contributed by atoms with Crippen molar-refractivity contribution in [2.24, 2.45) is 0 Å². The van der Waals surface area contributed by atoms with Gasteiger partial charge in [-0.15, -0.1) is 11.3 Å². The molecule has 4 heteroatoms. The molecular weight excluding hydrogens is 234 g/mol. The Morgan fingerprint density at radius 1 is 1.29 bits per heavy atom. The third kappa shape index (κ3) is 1.76. The van der Waals surface area contributed by atoms with E-state index in [1.54, 1.807) is 23.5 Å². The lowest BCUT2D eigenvalue weighted by atomic mass is 10.2. The van der Waals surface area contributed by atoms with Crippen LogP contribution < -0.4 is 0 Å². The average Bonchev–Trinajstić information content (AvgIpc) is 2.93. The fourth-order valence-corrected chi connectivity index (χ4v) is 2.69.